The maximum absolute atomic E-state index is 12.0. The molecule has 2 N–H and O–H groups in total. The number of hydrogen-bond donors (Lipinski definition) is 2. The maximum Gasteiger partial charge on any atom is 0.275 e. The number of phenolic OH excluding ortho intramolecular Hbond substituents is 1. The zero-order chi connectivity index (χ0) is 16.9. The second kappa shape index (κ2) is 6.83. The lowest BCUT2D eigenvalue weighted by atomic mass is 10.0. The van der Waals surface area contributed by atoms with E-state index in [1.807, 2.05) is 36.4 Å². The number of phenols is 1. The molecule has 3 rings (SSSR count). The largest absolute Gasteiger partial charge is 0.507 e. The lowest BCUT2D eigenvalue weighted by Crippen LogP contribution is -2.17. The number of methoxy groups -OCH3 is 1. The molecular weight excluding hydrogens is 304 g/mol. The molecule has 3 aromatic carbocycles. The first-order chi connectivity index (χ1) is 11.7. The van der Waals surface area contributed by atoms with Crippen molar-refractivity contribution in [1.82, 2.24) is 5.43 Å². The highest BCUT2D eigenvalue weighted by molar-refractivity contribution is 6.03. The van der Waals surface area contributed by atoms with Crippen molar-refractivity contribution in [3.8, 4) is 11.5 Å². The standard InChI is InChI=1S/C19H16N2O3/c1-24-18-11-10-13(14-6-2-3-7-15(14)18)12-20-21-19(23)16-8-4-5-9-17(16)22/h2-12,22H,1H3,(H,21,23). The molecular formula is C19H16N2O3. The molecule has 3 aromatic rings. The van der Waals surface area contributed by atoms with Crippen molar-refractivity contribution in [3.05, 3.63) is 71.8 Å². The normalized spacial score (nSPS) is 10.9. The number of nitrogens with one attached hydrogen (secondary N) is 1. The summed E-state index contributed by atoms with van der Waals surface area (Å²) in [6, 6.07) is 17.8. The van der Waals surface area contributed by atoms with Gasteiger partial charge in [-0.25, -0.2) is 5.43 Å². The molecule has 0 spiro atoms. The van der Waals surface area contributed by atoms with Gasteiger partial charge in [0.25, 0.3) is 5.91 Å². The number of aromatic hydroxyl groups is 1. The number of rotatable bonds is 4. The molecule has 1 amide bonds. The van der Waals surface area contributed by atoms with Gasteiger partial charge in [-0.1, -0.05) is 36.4 Å². The van der Waals surface area contributed by atoms with E-state index in [1.54, 1.807) is 25.5 Å². The molecule has 0 atom stereocenters. The Morgan fingerprint density at radius 2 is 1.75 bits per heavy atom. The number of amides is 1. The van der Waals surface area contributed by atoms with Crippen LogP contribution in [0.25, 0.3) is 10.8 Å². The van der Waals surface area contributed by atoms with E-state index in [9.17, 15) is 9.90 Å². The highest BCUT2D eigenvalue weighted by Crippen LogP contribution is 2.27. The number of hydrazone groups is 1. The molecule has 0 saturated carbocycles. The first-order valence-corrected chi connectivity index (χ1v) is 7.38. The Balaban J connectivity index is 1.84. The van der Waals surface area contributed by atoms with Crippen LogP contribution in [-0.2, 0) is 0 Å². The van der Waals surface area contributed by atoms with Crippen LogP contribution in [0.3, 0.4) is 0 Å². The number of para-hydroxylation sites is 1. The molecule has 5 heteroatoms. The van der Waals surface area contributed by atoms with Crippen molar-refractivity contribution < 1.29 is 14.6 Å². The van der Waals surface area contributed by atoms with E-state index in [0.29, 0.717) is 0 Å². The van der Waals surface area contributed by atoms with Crippen LogP contribution in [0.4, 0.5) is 0 Å². The fourth-order valence-electron chi connectivity index (χ4n) is 2.47. The number of ether oxygens (including phenoxy) is 1. The monoisotopic (exact) mass is 320 g/mol. The van der Waals surface area contributed by atoms with Gasteiger partial charge in [0.15, 0.2) is 0 Å². The number of hydrogen-bond acceptors (Lipinski definition) is 4. The molecule has 0 unspecified atom stereocenters. The minimum absolute atomic E-state index is 0.0832. The first kappa shape index (κ1) is 15.6. The molecule has 24 heavy (non-hydrogen) atoms. The number of benzene rings is 3. The van der Waals surface area contributed by atoms with Crippen LogP contribution < -0.4 is 10.2 Å². The summed E-state index contributed by atoms with van der Waals surface area (Å²) >= 11 is 0. The number of carbonyl (C=O) groups excluding carboxylic acids is 1. The van der Waals surface area contributed by atoms with E-state index in [4.69, 9.17) is 4.74 Å². The predicted molar refractivity (Wildman–Crippen MR) is 93.7 cm³/mol. The highest BCUT2D eigenvalue weighted by Gasteiger charge is 2.09. The number of fused-ring (bicyclic) bond motifs is 1. The third-order valence-corrected chi connectivity index (χ3v) is 3.66. The van der Waals surface area contributed by atoms with Gasteiger partial charge in [-0.15, -0.1) is 0 Å². The van der Waals surface area contributed by atoms with Crippen LogP contribution in [0, 0.1) is 0 Å². The lowest BCUT2D eigenvalue weighted by Gasteiger charge is -2.07. The van der Waals surface area contributed by atoms with Crippen molar-refractivity contribution in [2.75, 3.05) is 7.11 Å². The molecule has 0 aliphatic carbocycles. The molecule has 0 heterocycles. The third kappa shape index (κ3) is 3.05. The van der Waals surface area contributed by atoms with Gasteiger partial charge in [-0.05, 0) is 29.7 Å². The van der Waals surface area contributed by atoms with Crippen LogP contribution >= 0.6 is 0 Å². The van der Waals surface area contributed by atoms with Crippen LogP contribution in [0.1, 0.15) is 15.9 Å². The van der Waals surface area contributed by atoms with E-state index in [1.165, 1.54) is 12.1 Å². The topological polar surface area (TPSA) is 70.9 Å². The lowest BCUT2D eigenvalue weighted by molar-refractivity contribution is 0.0952. The van der Waals surface area contributed by atoms with Crippen LogP contribution in [0.5, 0.6) is 11.5 Å². The van der Waals surface area contributed by atoms with Gasteiger partial charge < -0.3 is 9.84 Å². The smallest absolute Gasteiger partial charge is 0.275 e. The number of nitrogens with zero attached hydrogens (tertiary/aromatic N) is 1. The zero-order valence-corrected chi connectivity index (χ0v) is 13.1. The SMILES string of the molecule is COc1ccc(C=NNC(=O)c2ccccc2O)c2ccccc12. The molecule has 0 saturated heterocycles. The van der Waals surface area contributed by atoms with Crippen LogP contribution in [0.2, 0.25) is 0 Å². The Bertz CT molecular complexity index is 919. The summed E-state index contributed by atoms with van der Waals surface area (Å²) in [6.07, 6.45) is 1.57. The van der Waals surface area contributed by atoms with Gasteiger partial charge in [0, 0.05) is 10.9 Å². The fourth-order valence-corrected chi connectivity index (χ4v) is 2.47. The van der Waals surface area contributed by atoms with Gasteiger partial charge in [0.05, 0.1) is 18.9 Å². The van der Waals surface area contributed by atoms with E-state index in [2.05, 4.69) is 10.5 Å². The molecule has 0 radical (unpaired) electrons. The first-order valence-electron chi connectivity index (χ1n) is 7.38. The fraction of sp³-hybridized carbons (Fsp3) is 0.0526. The summed E-state index contributed by atoms with van der Waals surface area (Å²) in [4.78, 5) is 12.0. The van der Waals surface area contributed by atoms with E-state index >= 15 is 0 Å². The van der Waals surface area contributed by atoms with Gasteiger partial charge in [0.1, 0.15) is 11.5 Å². The van der Waals surface area contributed by atoms with Crippen LogP contribution in [0.15, 0.2) is 65.8 Å². The minimum Gasteiger partial charge on any atom is -0.507 e. The summed E-state index contributed by atoms with van der Waals surface area (Å²) in [5, 5.41) is 15.6. The predicted octanol–water partition coefficient (Wildman–Crippen LogP) is 3.32. The molecule has 0 aliphatic heterocycles. The molecule has 0 aliphatic rings. The third-order valence-electron chi connectivity index (χ3n) is 3.66. The van der Waals surface area contributed by atoms with Gasteiger partial charge in [0.2, 0.25) is 0 Å². The number of carbonyl (C=O) groups is 1. The van der Waals surface area contributed by atoms with E-state index < -0.39 is 5.91 Å². The Labute approximate surface area is 139 Å². The molecule has 120 valence electrons. The molecule has 0 fully saturated rings. The van der Waals surface area contributed by atoms with Gasteiger partial charge in [-0.3, -0.25) is 4.79 Å². The average Bonchev–Trinajstić information content (AvgIpc) is 2.62. The Hall–Kier alpha value is -3.34. The van der Waals surface area contributed by atoms with Crippen molar-refractivity contribution in [2.24, 2.45) is 5.10 Å². The zero-order valence-electron chi connectivity index (χ0n) is 13.1. The Morgan fingerprint density at radius 3 is 2.50 bits per heavy atom. The molecule has 0 bridgehead atoms. The van der Waals surface area contributed by atoms with Crippen molar-refractivity contribution in [1.29, 1.82) is 0 Å². The van der Waals surface area contributed by atoms with E-state index in [-0.39, 0.29) is 11.3 Å². The molecule has 0 aromatic heterocycles. The minimum atomic E-state index is -0.470. The average molecular weight is 320 g/mol. The van der Waals surface area contributed by atoms with Crippen molar-refractivity contribution >= 4 is 22.9 Å². The van der Waals surface area contributed by atoms with Crippen LogP contribution in [-0.4, -0.2) is 24.3 Å². The summed E-state index contributed by atoms with van der Waals surface area (Å²) in [7, 11) is 1.63. The Morgan fingerprint density at radius 1 is 1.04 bits per heavy atom. The summed E-state index contributed by atoms with van der Waals surface area (Å²) in [6.45, 7) is 0. The quantitative estimate of drug-likeness (QED) is 0.572. The summed E-state index contributed by atoms with van der Waals surface area (Å²) in [5.74, 6) is 0.225. The second-order valence-electron chi connectivity index (χ2n) is 5.12. The van der Waals surface area contributed by atoms with Crippen molar-refractivity contribution in [3.63, 3.8) is 0 Å². The Kier molecular flexibility index (Phi) is 4.43. The summed E-state index contributed by atoms with van der Waals surface area (Å²) in [5.41, 5.74) is 3.45. The second-order valence-corrected chi connectivity index (χ2v) is 5.12. The maximum atomic E-state index is 12.0. The highest BCUT2D eigenvalue weighted by atomic mass is 16.5. The van der Waals surface area contributed by atoms with Crippen molar-refractivity contribution in [2.45, 2.75) is 0 Å². The molecule has 5 nitrogen and oxygen atoms in total. The summed E-state index contributed by atoms with van der Waals surface area (Å²) < 4.78 is 5.35. The van der Waals surface area contributed by atoms with Gasteiger partial charge >= 0.3 is 0 Å². The van der Waals surface area contributed by atoms with E-state index in [0.717, 1.165) is 22.1 Å². The van der Waals surface area contributed by atoms with Gasteiger partial charge in [-0.2, -0.15) is 5.10 Å².